The van der Waals surface area contributed by atoms with E-state index in [4.69, 9.17) is 0 Å². The average Bonchev–Trinajstić information content (AvgIpc) is 1.55. The van der Waals surface area contributed by atoms with Crippen molar-refractivity contribution in [2.45, 2.75) is 181 Å². The van der Waals surface area contributed by atoms with Crippen LogP contribution in [0.4, 0.5) is 30.6 Å². The van der Waals surface area contributed by atoms with E-state index in [-0.39, 0.29) is 92.6 Å². The third kappa shape index (κ3) is 16.2. The standard InChI is InChI=1S/C29H27BrFN7O3.C28H25BrFN7O3.C27H24BrFN8O3/c1-14-5-6-23(30)34-27(14)35-28(41)21-9-29(31)10-22(29)38(21)24(40)13-37-26-15(2)7-18(19-11-32-17(4)33-12-19)8-20(26)25(36-37)16(3)39;1-14-4-7-23(29)33-26(14)34-27(40)21-9-28(30)10-22(28)37(21)24(39)13-36-20-6-5-17(18-11-31-16(3)32-12-18)8-19(20)25(35-36)15(2)38;1-13-4-5-22(28)33-25(13)34-26(40)19-7-27(29)8-21(27)37(19)23(39)12-36-20-11-32-18(16-9-30-15(3)31-10-16)6-17(20)24(35-36)14(2)38/h5-8,11-12,21-22H,9-10,13H2,1-4H3,(H,34,35,41);4-8,11-12,21-22H,9-10,13H2,1-3H3,(H,33,34,40);4-6,9-11,19,21H,7-8,12H2,1-3H3,(H,33,34,40)/t21-,22+,29+;21-,22+,28+;19-,21+,27+/m000/s1. The molecule has 37 heteroatoms. The molecule has 3 saturated carbocycles. The molecule has 6 aliphatic rings. The van der Waals surface area contributed by atoms with Crippen LogP contribution in [0, 0.1) is 48.5 Å². The van der Waals surface area contributed by atoms with Crippen molar-refractivity contribution in [1.29, 1.82) is 0 Å². The maximum absolute atomic E-state index is 15.3. The summed E-state index contributed by atoms with van der Waals surface area (Å²) in [6, 6.07) is 16.5. The SMILES string of the molecule is CC(=O)c1nn(CC(=O)N2[C@H](C(=O)Nc3nc(Br)ccc3C)C[C@@]3(F)C[C@@H]23)c2c(C)cc(-c3cnc(C)nc3)cc12.CC(=O)c1nn(CC(=O)N2[C@H](C(=O)Nc3nc(Br)ccc3C)C[C@@]3(F)C[C@@H]23)c2ccc(-c3cnc(C)nc3)cc12.CC(=O)c1nn(CC(=O)N2[C@H](C(=O)Nc3nc(Br)ccc3C)C[C@@]3(F)C[C@@H]23)c2cnc(-c3cnc(C)nc3)cc12. The van der Waals surface area contributed by atoms with Gasteiger partial charge in [-0.1, -0.05) is 24.3 Å². The molecule has 12 aromatic rings. The normalized spacial score (nSPS) is 21.3. The second-order valence-corrected chi connectivity index (χ2v) is 33.9. The topological polar surface area (TPSA) is 382 Å². The van der Waals surface area contributed by atoms with Crippen molar-refractivity contribution < 1.29 is 56.3 Å². The van der Waals surface area contributed by atoms with E-state index in [0.29, 0.717) is 92.7 Å². The number of hydrogen-bond donors (Lipinski definition) is 3. The molecule has 121 heavy (non-hydrogen) atoms. The lowest BCUT2D eigenvalue weighted by Gasteiger charge is -2.26. The van der Waals surface area contributed by atoms with Crippen molar-refractivity contribution in [3.8, 4) is 33.5 Å². The van der Waals surface area contributed by atoms with Crippen molar-refractivity contribution in [2.24, 2.45) is 0 Å². The zero-order chi connectivity index (χ0) is 85.9. The van der Waals surface area contributed by atoms with Gasteiger partial charge in [-0.05, 0) is 178 Å². The molecule has 3 N–H and O–H groups in total. The van der Waals surface area contributed by atoms with E-state index >= 15 is 13.2 Å². The highest BCUT2D eigenvalue weighted by Gasteiger charge is 2.71. The van der Waals surface area contributed by atoms with Gasteiger partial charge in [-0.3, -0.25) is 62.2 Å². The number of likely N-dealkylation sites (tertiary alicyclic amines) is 3. The number of alkyl halides is 3. The van der Waals surface area contributed by atoms with Crippen LogP contribution in [0.1, 0.15) is 130 Å². The minimum atomic E-state index is -1.60. The molecule has 9 atom stereocenters. The summed E-state index contributed by atoms with van der Waals surface area (Å²) in [7, 11) is 0. The molecule has 10 aromatic heterocycles. The molecule has 0 unspecified atom stereocenters. The van der Waals surface area contributed by atoms with Crippen molar-refractivity contribution in [3.05, 3.63) is 187 Å². The highest BCUT2D eigenvalue weighted by molar-refractivity contribution is 9.11. The number of ketones is 3. The van der Waals surface area contributed by atoms with Crippen LogP contribution in [0.5, 0.6) is 0 Å². The lowest BCUT2D eigenvalue weighted by atomic mass is 10.0. The van der Waals surface area contributed by atoms with Gasteiger partial charge >= 0.3 is 0 Å². The largest absolute Gasteiger partial charge is 0.323 e. The van der Waals surface area contributed by atoms with Crippen LogP contribution in [0.2, 0.25) is 0 Å². The lowest BCUT2D eigenvalue weighted by molar-refractivity contribution is -0.138. The van der Waals surface area contributed by atoms with Gasteiger partial charge in [0.15, 0.2) is 17.3 Å². The van der Waals surface area contributed by atoms with Gasteiger partial charge in [-0.2, -0.15) is 15.3 Å². The van der Waals surface area contributed by atoms with Crippen LogP contribution in [-0.4, -0.2) is 200 Å². The molecule has 3 aliphatic heterocycles. The first kappa shape index (κ1) is 82.4. The summed E-state index contributed by atoms with van der Waals surface area (Å²) in [6.07, 6.45) is 12.0. The average molecular weight is 1830 g/mol. The molecule has 13 heterocycles. The Labute approximate surface area is 713 Å². The summed E-state index contributed by atoms with van der Waals surface area (Å²) in [6.45, 7) is 16.1. The number of rotatable bonds is 18. The quantitative estimate of drug-likeness (QED) is 0.0530. The fourth-order valence-electron chi connectivity index (χ4n) is 16.2. The highest BCUT2D eigenvalue weighted by atomic mass is 79.9. The summed E-state index contributed by atoms with van der Waals surface area (Å²) in [5, 5.41) is 23.3. The van der Waals surface area contributed by atoms with Crippen LogP contribution in [-0.2, 0) is 48.4 Å². The zero-order valence-electron chi connectivity index (χ0n) is 66.7. The van der Waals surface area contributed by atoms with Gasteiger partial charge in [0, 0.05) is 129 Å². The monoisotopic (exact) mass is 1830 g/mol. The van der Waals surface area contributed by atoms with E-state index in [1.165, 1.54) is 55.7 Å². The molecule has 3 aliphatic carbocycles. The molecular weight excluding hydrogens is 1760 g/mol. The zero-order valence-corrected chi connectivity index (χ0v) is 71.5. The number of halogens is 6. The number of aryl methyl sites for hydroxylation is 7. The minimum Gasteiger partial charge on any atom is -0.323 e. The van der Waals surface area contributed by atoms with Gasteiger partial charge in [0.25, 0.3) is 0 Å². The maximum Gasteiger partial charge on any atom is 0.248 e. The van der Waals surface area contributed by atoms with E-state index in [1.54, 1.807) is 127 Å². The van der Waals surface area contributed by atoms with Crippen LogP contribution >= 0.6 is 47.8 Å². The number of amides is 6. The van der Waals surface area contributed by atoms with Crippen LogP contribution in [0.25, 0.3) is 66.2 Å². The third-order valence-corrected chi connectivity index (χ3v) is 24.1. The molecule has 6 amide bonds. The summed E-state index contributed by atoms with van der Waals surface area (Å²) in [5.41, 5.74) is 4.92. The molecule has 0 radical (unpaired) electrons. The van der Waals surface area contributed by atoms with Gasteiger partial charge in [-0.15, -0.1) is 0 Å². The predicted octanol–water partition coefficient (Wildman–Crippen LogP) is 12.3. The molecule has 18 rings (SSSR count). The first-order chi connectivity index (χ1) is 57.5. The Kier molecular flexibility index (Phi) is 21.6. The number of piperidine rings is 3. The fourth-order valence-corrected chi connectivity index (χ4v) is 17.2. The number of aromatic nitrogens is 16. The van der Waals surface area contributed by atoms with Gasteiger partial charge < -0.3 is 30.7 Å². The number of Topliss-reactive ketones (excluding diaryl/α,β-unsaturated/α-hetero) is 3. The van der Waals surface area contributed by atoms with Crippen LogP contribution in [0.3, 0.4) is 0 Å². The van der Waals surface area contributed by atoms with Crippen LogP contribution in [0.15, 0.2) is 130 Å². The molecule has 618 valence electrons. The summed E-state index contributed by atoms with van der Waals surface area (Å²) < 4.78 is 51.7. The molecule has 0 spiro atoms. The van der Waals surface area contributed by atoms with Gasteiger partial charge in [-0.25, -0.2) is 58.0 Å². The molecule has 31 nitrogen and oxygen atoms in total. The van der Waals surface area contributed by atoms with E-state index in [9.17, 15) is 43.2 Å². The molecule has 2 aromatic carbocycles. The summed E-state index contributed by atoms with van der Waals surface area (Å²) in [4.78, 5) is 165. The first-order valence-electron chi connectivity index (χ1n) is 38.6. The van der Waals surface area contributed by atoms with Gasteiger partial charge in [0.1, 0.15) is 121 Å². The maximum atomic E-state index is 15.3. The Morgan fingerprint density at radius 2 is 0.727 bits per heavy atom. The van der Waals surface area contributed by atoms with Crippen molar-refractivity contribution >= 4 is 151 Å². The number of carbonyl (C=O) groups excluding carboxylic acids is 9. The molecule has 6 fully saturated rings. The Balaban J connectivity index is 0.000000135. The van der Waals surface area contributed by atoms with Gasteiger partial charge in [0.2, 0.25) is 35.4 Å². The predicted molar refractivity (Wildman–Crippen MR) is 447 cm³/mol. The van der Waals surface area contributed by atoms with Crippen molar-refractivity contribution in [1.82, 2.24) is 93.9 Å². The van der Waals surface area contributed by atoms with E-state index in [1.807, 2.05) is 31.2 Å². The van der Waals surface area contributed by atoms with Crippen LogP contribution < -0.4 is 16.0 Å². The fraction of sp³-hybridized carbons (Fsp3) is 0.333. The third-order valence-electron chi connectivity index (χ3n) is 22.8. The molecule has 3 saturated heterocycles. The molecular formula is C84H76Br3F3N22O9. The number of pyridine rings is 4. The van der Waals surface area contributed by atoms with Crippen molar-refractivity contribution in [2.75, 3.05) is 16.0 Å². The van der Waals surface area contributed by atoms with Crippen molar-refractivity contribution in [3.63, 3.8) is 0 Å². The lowest BCUT2D eigenvalue weighted by Crippen LogP contribution is -2.47. The number of nitrogens with zero attached hydrogens (tertiary/aromatic N) is 19. The first-order valence-corrected chi connectivity index (χ1v) is 41.0. The summed E-state index contributed by atoms with van der Waals surface area (Å²) in [5.74, 6) is -0.715. The Morgan fingerprint density at radius 3 is 1.13 bits per heavy atom. The van der Waals surface area contributed by atoms with E-state index < -0.39 is 88.7 Å². The number of fused-ring (bicyclic) bond motifs is 6. The second kappa shape index (κ2) is 31.7. The second-order valence-electron chi connectivity index (χ2n) is 31.4. The number of carbonyl (C=O) groups is 9. The van der Waals surface area contributed by atoms with E-state index in [0.717, 1.165) is 44.5 Å². The van der Waals surface area contributed by atoms with Gasteiger partial charge in [0.05, 0.1) is 46.6 Å². The number of hydrogen-bond acceptors (Lipinski definition) is 22. The number of anilines is 3. The Hall–Kier alpha value is -12.3. The highest BCUT2D eigenvalue weighted by Crippen LogP contribution is 2.57. The van der Waals surface area contributed by atoms with E-state index in [2.05, 4.69) is 129 Å². The molecule has 0 bridgehead atoms. The Morgan fingerprint density at radius 1 is 0.380 bits per heavy atom. The number of nitrogens with one attached hydrogen (secondary N) is 3. The minimum absolute atomic E-state index is 0.0805. The number of benzene rings is 2. The summed E-state index contributed by atoms with van der Waals surface area (Å²) >= 11 is 9.88. The Bertz CT molecular complexity index is 6120. The smallest absolute Gasteiger partial charge is 0.248 e.